The maximum Gasteiger partial charge on any atom is 0.258 e. The van der Waals surface area contributed by atoms with Crippen molar-refractivity contribution in [3.63, 3.8) is 0 Å². The molecule has 1 amide bonds. The Hall–Kier alpha value is -3.02. The number of halogens is 2. The van der Waals surface area contributed by atoms with Gasteiger partial charge in [-0.15, -0.1) is 0 Å². The van der Waals surface area contributed by atoms with E-state index in [1.807, 2.05) is 0 Å². The molecule has 200 valence electrons. The smallest absolute Gasteiger partial charge is 0.258 e. The molecule has 0 atom stereocenters. The zero-order chi connectivity index (χ0) is 26.4. The van der Waals surface area contributed by atoms with Gasteiger partial charge in [0.15, 0.2) is 0 Å². The van der Waals surface area contributed by atoms with Crippen LogP contribution in [-0.2, 0) is 10.0 Å². The molecule has 12 heteroatoms. The number of aromatic nitrogens is 2. The molecule has 0 radical (unpaired) electrons. The summed E-state index contributed by atoms with van der Waals surface area (Å²) in [6.07, 6.45) is 5.13. The van der Waals surface area contributed by atoms with E-state index in [1.54, 1.807) is 36.1 Å². The van der Waals surface area contributed by atoms with E-state index in [0.29, 0.717) is 34.0 Å². The average Bonchev–Trinajstić information content (AvgIpc) is 3.56. The molecule has 3 aliphatic rings. The van der Waals surface area contributed by atoms with Gasteiger partial charge in [0.05, 0.1) is 23.2 Å². The van der Waals surface area contributed by atoms with Crippen molar-refractivity contribution in [1.82, 2.24) is 9.97 Å². The summed E-state index contributed by atoms with van der Waals surface area (Å²) in [5.74, 6) is -2.48. The fourth-order valence-electron chi connectivity index (χ4n) is 5.14. The van der Waals surface area contributed by atoms with Crippen LogP contribution in [0.1, 0.15) is 54.6 Å². The van der Waals surface area contributed by atoms with E-state index in [-0.39, 0.29) is 37.7 Å². The maximum absolute atomic E-state index is 13.6. The first-order valence-corrected chi connectivity index (χ1v) is 14.5. The summed E-state index contributed by atoms with van der Waals surface area (Å²) in [5.41, 5.74) is 2.50. The first-order chi connectivity index (χ1) is 17.4. The highest BCUT2D eigenvalue weighted by atomic mass is 32.2. The van der Waals surface area contributed by atoms with Crippen LogP contribution in [0.5, 0.6) is 0 Å². The summed E-state index contributed by atoms with van der Waals surface area (Å²) in [7, 11) is -3.48. The highest BCUT2D eigenvalue weighted by Gasteiger charge is 2.44. The number of nitrogens with zero attached hydrogens (tertiary/aromatic N) is 4. The van der Waals surface area contributed by atoms with Gasteiger partial charge in [0.2, 0.25) is 16.0 Å². The fraction of sp³-hybridized carbons (Fsp3) is 0.560. The Morgan fingerprint density at radius 1 is 0.946 bits per heavy atom. The van der Waals surface area contributed by atoms with Crippen LogP contribution in [0.4, 0.5) is 31.9 Å². The van der Waals surface area contributed by atoms with Gasteiger partial charge in [-0.25, -0.2) is 22.2 Å². The van der Waals surface area contributed by atoms with Gasteiger partial charge in [0, 0.05) is 50.8 Å². The van der Waals surface area contributed by atoms with Gasteiger partial charge in [-0.05, 0) is 56.2 Å². The average molecular weight is 535 g/mol. The van der Waals surface area contributed by atoms with Crippen molar-refractivity contribution < 1.29 is 22.0 Å². The standard InChI is InChI=1S/C25H32F2N6O3S/c1-17-15-21(30-23(28-17)33-13-9-25(26,27)10-14-33)29-22(34)19-4-3-18(31-37(2,35)36)16-20(19)32-11-7-24(5-6-24)8-12-32/h3-4,15-16,31H,5-14H2,1-2H3,(H,28,29,30,34). The van der Waals surface area contributed by atoms with E-state index >= 15 is 0 Å². The second-order valence-electron chi connectivity index (χ2n) is 10.6. The Morgan fingerprint density at radius 2 is 1.59 bits per heavy atom. The van der Waals surface area contributed by atoms with Gasteiger partial charge in [-0.2, -0.15) is 4.98 Å². The third-order valence-corrected chi connectivity index (χ3v) is 8.14. The number of anilines is 4. The second-order valence-corrected chi connectivity index (χ2v) is 12.3. The first-order valence-electron chi connectivity index (χ1n) is 12.6. The van der Waals surface area contributed by atoms with Crippen LogP contribution in [0.2, 0.25) is 0 Å². The minimum absolute atomic E-state index is 0.138. The van der Waals surface area contributed by atoms with E-state index < -0.39 is 15.9 Å². The lowest BCUT2D eigenvalue weighted by atomic mass is 9.93. The second kappa shape index (κ2) is 9.38. The molecule has 9 nitrogen and oxygen atoms in total. The van der Waals surface area contributed by atoms with Gasteiger partial charge in [0.1, 0.15) is 5.82 Å². The number of carbonyl (C=O) groups excluding carboxylic acids is 1. The molecule has 2 N–H and O–H groups in total. The number of benzene rings is 1. The molecule has 3 fully saturated rings. The number of aryl methyl sites for hydroxylation is 1. The van der Waals surface area contributed by atoms with Gasteiger partial charge >= 0.3 is 0 Å². The van der Waals surface area contributed by atoms with Crippen LogP contribution in [0.15, 0.2) is 24.3 Å². The summed E-state index contributed by atoms with van der Waals surface area (Å²) in [6, 6.07) is 6.51. The monoisotopic (exact) mass is 534 g/mol. The van der Waals surface area contributed by atoms with E-state index in [9.17, 15) is 22.0 Å². The zero-order valence-electron chi connectivity index (χ0n) is 21.1. The molecule has 1 aromatic heterocycles. The van der Waals surface area contributed by atoms with Crippen molar-refractivity contribution >= 4 is 39.1 Å². The van der Waals surface area contributed by atoms with Gasteiger partial charge in [-0.1, -0.05) is 0 Å². The molecule has 37 heavy (non-hydrogen) atoms. The third kappa shape index (κ3) is 6.11. The predicted molar refractivity (Wildman–Crippen MR) is 139 cm³/mol. The van der Waals surface area contributed by atoms with Crippen LogP contribution in [-0.4, -0.2) is 62.7 Å². The Kier molecular flexibility index (Phi) is 6.49. The number of amides is 1. The van der Waals surface area contributed by atoms with Crippen LogP contribution in [0, 0.1) is 12.3 Å². The van der Waals surface area contributed by atoms with Gasteiger partial charge < -0.3 is 15.1 Å². The van der Waals surface area contributed by atoms with Gasteiger partial charge in [-0.3, -0.25) is 9.52 Å². The number of rotatable bonds is 6. The number of sulfonamides is 1. The Balaban J connectivity index is 1.39. The minimum atomic E-state index is -3.48. The molecular weight excluding hydrogens is 502 g/mol. The van der Waals surface area contributed by atoms with Crippen molar-refractivity contribution in [2.45, 2.75) is 51.4 Å². The highest BCUT2D eigenvalue weighted by molar-refractivity contribution is 7.92. The Labute approximate surface area is 215 Å². The molecule has 1 aliphatic carbocycles. The van der Waals surface area contributed by atoms with E-state index in [4.69, 9.17) is 0 Å². The maximum atomic E-state index is 13.6. The number of hydrogen-bond acceptors (Lipinski definition) is 7. The number of piperidine rings is 2. The van der Waals surface area contributed by atoms with Crippen LogP contribution < -0.4 is 19.8 Å². The number of nitrogens with one attached hydrogen (secondary N) is 2. The van der Waals surface area contributed by atoms with Crippen LogP contribution in [0.3, 0.4) is 0 Å². The molecule has 0 bridgehead atoms. The molecule has 5 rings (SSSR count). The van der Waals surface area contributed by atoms with Crippen molar-refractivity contribution in [2.75, 3.05) is 52.3 Å². The molecule has 2 saturated heterocycles. The van der Waals surface area contributed by atoms with E-state index in [0.717, 1.165) is 32.2 Å². The largest absolute Gasteiger partial charge is 0.371 e. The van der Waals surface area contributed by atoms with E-state index in [1.165, 1.54) is 12.8 Å². The number of carbonyl (C=O) groups is 1. The van der Waals surface area contributed by atoms with Gasteiger partial charge in [0.25, 0.3) is 11.8 Å². The Bertz CT molecular complexity index is 1300. The molecule has 1 aromatic carbocycles. The number of alkyl halides is 2. The quantitative estimate of drug-likeness (QED) is 0.576. The van der Waals surface area contributed by atoms with Crippen molar-refractivity contribution in [1.29, 1.82) is 0 Å². The number of hydrogen-bond donors (Lipinski definition) is 2. The molecule has 2 aromatic rings. The summed E-state index contributed by atoms with van der Waals surface area (Å²) in [4.78, 5) is 26.1. The third-order valence-electron chi connectivity index (χ3n) is 7.53. The minimum Gasteiger partial charge on any atom is -0.371 e. The van der Waals surface area contributed by atoms with Crippen LogP contribution >= 0.6 is 0 Å². The van der Waals surface area contributed by atoms with Crippen molar-refractivity contribution in [3.8, 4) is 0 Å². The summed E-state index contributed by atoms with van der Waals surface area (Å²) >= 11 is 0. The molecule has 1 spiro atoms. The lowest BCUT2D eigenvalue weighted by Crippen LogP contribution is -2.40. The molecule has 3 heterocycles. The Morgan fingerprint density at radius 3 is 2.22 bits per heavy atom. The van der Waals surface area contributed by atoms with E-state index in [2.05, 4.69) is 24.9 Å². The zero-order valence-corrected chi connectivity index (χ0v) is 21.9. The summed E-state index contributed by atoms with van der Waals surface area (Å²) in [5, 5.41) is 2.84. The first kappa shape index (κ1) is 25.6. The molecule has 0 unspecified atom stereocenters. The highest BCUT2D eigenvalue weighted by Crippen LogP contribution is 2.54. The van der Waals surface area contributed by atoms with Crippen molar-refractivity contribution in [2.24, 2.45) is 5.41 Å². The normalized spacial score (nSPS) is 20.5. The molecule has 2 aliphatic heterocycles. The lowest BCUT2D eigenvalue weighted by Gasteiger charge is -2.35. The summed E-state index contributed by atoms with van der Waals surface area (Å²) < 4.78 is 53.3. The predicted octanol–water partition coefficient (Wildman–Crippen LogP) is 4.02. The molecular formula is C25H32F2N6O3S. The topological polar surface area (TPSA) is 108 Å². The lowest BCUT2D eigenvalue weighted by molar-refractivity contribution is -0.0222. The molecule has 1 saturated carbocycles. The van der Waals surface area contributed by atoms with Crippen molar-refractivity contribution in [3.05, 3.63) is 35.5 Å². The summed E-state index contributed by atoms with van der Waals surface area (Å²) in [6.45, 7) is 3.62. The van der Waals surface area contributed by atoms with Crippen LogP contribution in [0.25, 0.3) is 0 Å². The SMILES string of the molecule is Cc1cc(NC(=O)c2ccc(NS(C)(=O)=O)cc2N2CCC3(CC2)CC3)nc(N2CCC(F)(F)CC2)n1. The fourth-order valence-corrected chi connectivity index (χ4v) is 5.69.